The molecule has 94 valence electrons. The highest BCUT2D eigenvalue weighted by Crippen LogP contribution is 2.32. The normalized spacial score (nSPS) is 17.5. The van der Waals surface area contributed by atoms with Gasteiger partial charge in [0.15, 0.2) is 9.84 Å². The summed E-state index contributed by atoms with van der Waals surface area (Å²) in [5.74, 6) is 0.362. The monoisotopic (exact) mass is 256 g/mol. The number of H-pyrrole nitrogens is 1. The number of nitrogens with zero attached hydrogens (tertiary/aromatic N) is 1. The van der Waals surface area contributed by atoms with E-state index in [1.807, 2.05) is 0 Å². The lowest BCUT2D eigenvalue weighted by Crippen LogP contribution is -2.16. The first-order valence-corrected chi connectivity index (χ1v) is 7.78. The molecule has 1 heterocycles. The molecule has 0 bridgehead atoms. The highest BCUT2D eigenvalue weighted by atomic mass is 32.2. The molecule has 0 aliphatic heterocycles. The van der Waals surface area contributed by atoms with E-state index in [2.05, 4.69) is 9.97 Å². The average Bonchev–Trinajstić information content (AvgIpc) is 2.65. The minimum Gasteiger partial charge on any atom is -0.310 e. The summed E-state index contributed by atoms with van der Waals surface area (Å²) in [4.78, 5) is 18.2. The summed E-state index contributed by atoms with van der Waals surface area (Å²) in [5.41, 5.74) is 0.477. The molecular formula is C11H16N2O3S. The van der Waals surface area contributed by atoms with E-state index in [0.29, 0.717) is 5.92 Å². The number of nitrogens with one attached hydrogen (secondary N) is 1. The molecule has 1 fully saturated rings. The van der Waals surface area contributed by atoms with Crippen molar-refractivity contribution in [3.05, 3.63) is 27.9 Å². The van der Waals surface area contributed by atoms with Crippen LogP contribution in [0.5, 0.6) is 0 Å². The summed E-state index contributed by atoms with van der Waals surface area (Å²) >= 11 is 0. The van der Waals surface area contributed by atoms with Gasteiger partial charge in [-0.1, -0.05) is 12.8 Å². The molecule has 1 aliphatic rings. The largest absolute Gasteiger partial charge is 0.310 e. The van der Waals surface area contributed by atoms with Gasteiger partial charge in [-0.25, -0.2) is 13.4 Å². The van der Waals surface area contributed by atoms with Crippen LogP contribution in [0.4, 0.5) is 0 Å². The Labute approximate surface area is 100 Å². The minimum absolute atomic E-state index is 0.206. The average molecular weight is 256 g/mol. The molecule has 0 radical (unpaired) electrons. The fourth-order valence-corrected chi connectivity index (χ4v) is 2.91. The summed E-state index contributed by atoms with van der Waals surface area (Å²) in [7, 11) is -3.17. The van der Waals surface area contributed by atoms with Crippen LogP contribution in [0.3, 0.4) is 0 Å². The Bertz CT molecular complexity index is 556. The minimum atomic E-state index is -3.17. The molecule has 1 saturated carbocycles. The molecule has 0 spiro atoms. The summed E-state index contributed by atoms with van der Waals surface area (Å²) < 4.78 is 22.4. The van der Waals surface area contributed by atoms with Crippen LogP contribution in [0.15, 0.2) is 10.9 Å². The maximum absolute atomic E-state index is 11.5. The fraction of sp³-hybridized carbons (Fsp3) is 0.636. The van der Waals surface area contributed by atoms with Crippen LogP contribution in [-0.4, -0.2) is 24.6 Å². The maximum Gasteiger partial charge on any atom is 0.251 e. The third-order valence-corrected chi connectivity index (χ3v) is 3.78. The summed E-state index contributed by atoms with van der Waals surface area (Å²) in [5, 5.41) is 0. The molecule has 1 aliphatic carbocycles. The molecule has 1 N–H and O–H groups in total. The Morgan fingerprint density at radius 2 is 2.06 bits per heavy atom. The Balaban J connectivity index is 2.32. The Morgan fingerprint density at radius 1 is 1.41 bits per heavy atom. The molecule has 1 aromatic heterocycles. The molecule has 2 rings (SSSR count). The quantitative estimate of drug-likeness (QED) is 0.874. The number of hydrogen-bond acceptors (Lipinski definition) is 4. The third-order valence-electron chi connectivity index (χ3n) is 2.98. The molecular weight excluding hydrogens is 240 g/mol. The van der Waals surface area contributed by atoms with Crippen molar-refractivity contribution >= 4 is 9.84 Å². The van der Waals surface area contributed by atoms with Crippen LogP contribution < -0.4 is 5.56 Å². The second-order valence-corrected chi connectivity index (χ2v) is 6.81. The summed E-state index contributed by atoms with van der Waals surface area (Å²) in [6, 6.07) is 1.49. The van der Waals surface area contributed by atoms with Gasteiger partial charge in [-0.3, -0.25) is 4.79 Å². The van der Waals surface area contributed by atoms with E-state index >= 15 is 0 Å². The van der Waals surface area contributed by atoms with Gasteiger partial charge in [-0.05, 0) is 12.8 Å². The van der Waals surface area contributed by atoms with Crippen molar-refractivity contribution in [1.29, 1.82) is 0 Å². The fourth-order valence-electron chi connectivity index (χ4n) is 2.28. The van der Waals surface area contributed by atoms with Crippen molar-refractivity contribution in [2.45, 2.75) is 37.4 Å². The van der Waals surface area contributed by atoms with Gasteiger partial charge in [-0.2, -0.15) is 0 Å². The SMILES string of the molecule is CS(=O)(=O)Cc1nc(C2CCCC2)cc(=O)[nH]1. The van der Waals surface area contributed by atoms with Gasteiger partial charge < -0.3 is 4.98 Å². The number of aromatic nitrogens is 2. The number of rotatable bonds is 3. The smallest absolute Gasteiger partial charge is 0.251 e. The van der Waals surface area contributed by atoms with E-state index in [4.69, 9.17) is 0 Å². The highest BCUT2D eigenvalue weighted by molar-refractivity contribution is 7.89. The lowest BCUT2D eigenvalue weighted by Gasteiger charge is -2.09. The predicted molar refractivity (Wildman–Crippen MR) is 64.6 cm³/mol. The van der Waals surface area contributed by atoms with E-state index in [0.717, 1.165) is 37.6 Å². The molecule has 5 nitrogen and oxygen atoms in total. The van der Waals surface area contributed by atoms with Crippen LogP contribution in [0.25, 0.3) is 0 Å². The lowest BCUT2D eigenvalue weighted by molar-refractivity contribution is 0.598. The summed E-state index contributed by atoms with van der Waals surface area (Å²) in [6.45, 7) is 0. The van der Waals surface area contributed by atoms with E-state index < -0.39 is 9.84 Å². The first kappa shape index (κ1) is 12.3. The number of sulfone groups is 1. The van der Waals surface area contributed by atoms with Crippen molar-refractivity contribution < 1.29 is 8.42 Å². The van der Waals surface area contributed by atoms with E-state index in [1.165, 1.54) is 6.07 Å². The first-order chi connectivity index (χ1) is 7.94. The van der Waals surface area contributed by atoms with E-state index in [9.17, 15) is 13.2 Å². The molecule has 0 aromatic carbocycles. The van der Waals surface area contributed by atoms with Gasteiger partial charge in [0, 0.05) is 18.2 Å². The van der Waals surface area contributed by atoms with Crippen molar-refractivity contribution in [3.63, 3.8) is 0 Å². The van der Waals surface area contributed by atoms with Gasteiger partial charge in [-0.15, -0.1) is 0 Å². The lowest BCUT2D eigenvalue weighted by atomic mass is 10.0. The van der Waals surface area contributed by atoms with Crippen LogP contribution in [-0.2, 0) is 15.6 Å². The topological polar surface area (TPSA) is 79.9 Å². The van der Waals surface area contributed by atoms with Crippen LogP contribution >= 0.6 is 0 Å². The van der Waals surface area contributed by atoms with Gasteiger partial charge in [0.2, 0.25) is 0 Å². The van der Waals surface area contributed by atoms with Crippen LogP contribution in [0.1, 0.15) is 43.1 Å². The Morgan fingerprint density at radius 3 is 2.65 bits per heavy atom. The van der Waals surface area contributed by atoms with Crippen molar-refractivity contribution in [2.75, 3.05) is 6.26 Å². The predicted octanol–water partition coefficient (Wildman–Crippen LogP) is 0.972. The number of hydrogen-bond donors (Lipinski definition) is 1. The highest BCUT2D eigenvalue weighted by Gasteiger charge is 2.20. The molecule has 1 aromatic rings. The van der Waals surface area contributed by atoms with Gasteiger partial charge in [0.1, 0.15) is 11.6 Å². The zero-order valence-electron chi connectivity index (χ0n) is 9.77. The molecule has 0 atom stereocenters. The van der Waals surface area contributed by atoms with Crippen molar-refractivity contribution in [2.24, 2.45) is 0 Å². The molecule has 0 unspecified atom stereocenters. The van der Waals surface area contributed by atoms with Gasteiger partial charge >= 0.3 is 0 Å². The van der Waals surface area contributed by atoms with E-state index in [-0.39, 0.29) is 17.1 Å². The van der Waals surface area contributed by atoms with Crippen LogP contribution in [0.2, 0.25) is 0 Å². The Hall–Kier alpha value is -1.17. The maximum atomic E-state index is 11.5. The zero-order valence-corrected chi connectivity index (χ0v) is 10.6. The van der Waals surface area contributed by atoms with Gasteiger partial charge in [0.25, 0.3) is 5.56 Å². The van der Waals surface area contributed by atoms with Crippen LogP contribution in [0, 0.1) is 0 Å². The standard InChI is InChI=1S/C11H16N2O3S/c1-17(15,16)7-10-12-9(6-11(14)13-10)8-4-2-3-5-8/h6,8H,2-5,7H2,1H3,(H,12,13,14). The molecule has 0 saturated heterocycles. The number of aromatic amines is 1. The summed E-state index contributed by atoms with van der Waals surface area (Å²) in [6.07, 6.45) is 5.51. The van der Waals surface area contributed by atoms with Gasteiger partial charge in [0.05, 0.1) is 5.69 Å². The van der Waals surface area contributed by atoms with Crippen molar-refractivity contribution in [3.8, 4) is 0 Å². The second kappa shape index (κ2) is 4.60. The second-order valence-electron chi connectivity index (χ2n) is 4.67. The molecule has 6 heteroatoms. The third kappa shape index (κ3) is 3.39. The Kier molecular flexibility index (Phi) is 3.33. The van der Waals surface area contributed by atoms with Crippen molar-refractivity contribution in [1.82, 2.24) is 9.97 Å². The molecule has 0 amide bonds. The molecule has 17 heavy (non-hydrogen) atoms. The first-order valence-electron chi connectivity index (χ1n) is 5.72. The van der Waals surface area contributed by atoms with E-state index in [1.54, 1.807) is 0 Å². The zero-order chi connectivity index (χ0) is 12.5.